The zero-order chi connectivity index (χ0) is 17.1. The monoisotopic (exact) mass is 322 g/mol. The van der Waals surface area contributed by atoms with Crippen LogP contribution >= 0.6 is 0 Å². The van der Waals surface area contributed by atoms with Gasteiger partial charge in [-0.1, -0.05) is 18.2 Å². The molecule has 1 saturated heterocycles. The van der Waals surface area contributed by atoms with Crippen LogP contribution < -0.4 is 0 Å². The average molecular weight is 322 g/mol. The van der Waals surface area contributed by atoms with Crippen molar-refractivity contribution in [3.05, 3.63) is 42.1 Å². The molecule has 1 aromatic heterocycles. The third-order valence-electron chi connectivity index (χ3n) is 4.32. The van der Waals surface area contributed by atoms with E-state index < -0.39 is 0 Å². The van der Waals surface area contributed by atoms with Gasteiger partial charge in [0.15, 0.2) is 0 Å². The first-order valence-corrected chi connectivity index (χ1v) is 7.90. The van der Waals surface area contributed by atoms with E-state index in [1.165, 1.54) is 4.90 Å². The molecule has 2 heterocycles. The Kier molecular flexibility index (Phi) is 4.43. The van der Waals surface area contributed by atoms with Gasteiger partial charge in [0, 0.05) is 25.2 Å². The van der Waals surface area contributed by atoms with Crippen molar-refractivity contribution in [3.63, 3.8) is 0 Å². The Balaban J connectivity index is 1.77. The van der Waals surface area contributed by atoms with Crippen LogP contribution in [-0.2, 0) is 4.79 Å². The molecule has 0 aliphatic carbocycles. The van der Waals surface area contributed by atoms with E-state index in [1.807, 2.05) is 24.3 Å². The number of carbonyl (C=O) groups is 2. The lowest BCUT2D eigenvalue weighted by Gasteiger charge is -2.24. The summed E-state index contributed by atoms with van der Waals surface area (Å²) in [4.78, 5) is 32.3. The minimum Gasteiger partial charge on any atom is -0.332 e. The number of rotatable bonds is 3. The summed E-state index contributed by atoms with van der Waals surface area (Å²) >= 11 is 0. The number of carbonyl (C=O) groups excluding carboxylic acids is 2. The summed E-state index contributed by atoms with van der Waals surface area (Å²) in [6, 6.07) is 10.9. The molecule has 0 bridgehead atoms. The van der Waals surface area contributed by atoms with Crippen LogP contribution in [0.25, 0.3) is 10.9 Å². The maximum atomic E-state index is 12.7. The van der Waals surface area contributed by atoms with Crippen molar-refractivity contribution in [2.45, 2.75) is 18.9 Å². The minimum atomic E-state index is -0.372. The number of para-hydroxylation sites is 1. The van der Waals surface area contributed by atoms with Crippen LogP contribution in [0.1, 0.15) is 23.2 Å². The Morgan fingerprint density at radius 1 is 1.38 bits per heavy atom. The summed E-state index contributed by atoms with van der Waals surface area (Å²) in [6.45, 7) is 0.547. The SMILES string of the molecule is CN(CC(=O)N1CCC[C@H]1C#N)C(=O)c1ccnc2ccccc12. The van der Waals surface area contributed by atoms with E-state index in [0.29, 0.717) is 18.5 Å². The van der Waals surface area contributed by atoms with Crippen LogP contribution in [-0.4, -0.2) is 52.8 Å². The maximum absolute atomic E-state index is 12.7. The first-order chi connectivity index (χ1) is 11.6. The molecule has 2 amide bonds. The zero-order valence-corrected chi connectivity index (χ0v) is 13.5. The van der Waals surface area contributed by atoms with E-state index in [0.717, 1.165) is 17.3 Å². The van der Waals surface area contributed by atoms with Crippen LogP contribution in [0.2, 0.25) is 0 Å². The summed E-state index contributed by atoms with van der Waals surface area (Å²) < 4.78 is 0. The van der Waals surface area contributed by atoms with Crippen LogP contribution in [0, 0.1) is 11.3 Å². The van der Waals surface area contributed by atoms with E-state index in [4.69, 9.17) is 5.26 Å². The predicted octanol–water partition coefficient (Wildman–Crippen LogP) is 1.82. The number of likely N-dealkylation sites (N-methyl/N-ethyl adjacent to an activating group) is 1. The molecule has 1 aliphatic rings. The molecule has 1 fully saturated rings. The minimum absolute atomic E-state index is 0.0341. The van der Waals surface area contributed by atoms with Crippen LogP contribution in [0.15, 0.2) is 36.5 Å². The standard InChI is InChI=1S/C18H18N4O2/c1-21(12-17(23)22-10-4-5-13(22)11-19)18(24)15-8-9-20-16-7-3-2-6-14(15)16/h2-3,6-9,13H,4-5,10,12H2,1H3/t13-/m0/s1. The average Bonchev–Trinajstić information content (AvgIpc) is 3.09. The molecule has 122 valence electrons. The lowest BCUT2D eigenvalue weighted by Crippen LogP contribution is -2.43. The van der Waals surface area contributed by atoms with Gasteiger partial charge in [0.2, 0.25) is 5.91 Å². The molecular weight excluding hydrogens is 304 g/mol. The van der Waals surface area contributed by atoms with Gasteiger partial charge in [0.1, 0.15) is 6.04 Å². The summed E-state index contributed by atoms with van der Waals surface area (Å²) in [7, 11) is 1.60. The van der Waals surface area contributed by atoms with E-state index in [2.05, 4.69) is 11.1 Å². The summed E-state index contributed by atoms with van der Waals surface area (Å²) in [6.07, 6.45) is 3.13. The first-order valence-electron chi connectivity index (χ1n) is 7.90. The molecule has 0 unspecified atom stereocenters. The number of hydrogen-bond donors (Lipinski definition) is 0. The highest BCUT2D eigenvalue weighted by Gasteiger charge is 2.29. The molecule has 6 heteroatoms. The number of pyridine rings is 1. The summed E-state index contributed by atoms with van der Waals surface area (Å²) in [5.41, 5.74) is 1.27. The van der Waals surface area contributed by atoms with Crippen molar-refractivity contribution in [2.24, 2.45) is 0 Å². The van der Waals surface area contributed by atoms with E-state index in [-0.39, 0.29) is 24.4 Å². The Hall–Kier alpha value is -2.94. The second-order valence-corrected chi connectivity index (χ2v) is 5.91. The molecule has 1 aromatic carbocycles. The number of likely N-dealkylation sites (tertiary alicyclic amines) is 1. The molecule has 0 N–H and O–H groups in total. The lowest BCUT2D eigenvalue weighted by molar-refractivity contribution is -0.131. The number of hydrogen-bond acceptors (Lipinski definition) is 4. The highest BCUT2D eigenvalue weighted by Crippen LogP contribution is 2.19. The third-order valence-corrected chi connectivity index (χ3v) is 4.32. The molecule has 6 nitrogen and oxygen atoms in total. The zero-order valence-electron chi connectivity index (χ0n) is 13.5. The second-order valence-electron chi connectivity index (χ2n) is 5.91. The third kappa shape index (κ3) is 2.93. The fourth-order valence-corrected chi connectivity index (χ4v) is 3.05. The van der Waals surface area contributed by atoms with Gasteiger partial charge in [-0.05, 0) is 25.0 Å². The fourth-order valence-electron chi connectivity index (χ4n) is 3.05. The molecular formula is C18H18N4O2. The highest BCUT2D eigenvalue weighted by molar-refractivity contribution is 6.06. The molecule has 0 spiro atoms. The van der Waals surface area contributed by atoms with Crippen LogP contribution in [0.5, 0.6) is 0 Å². The van der Waals surface area contributed by atoms with E-state index in [1.54, 1.807) is 24.2 Å². The lowest BCUT2D eigenvalue weighted by atomic mass is 10.1. The van der Waals surface area contributed by atoms with Gasteiger partial charge in [-0.25, -0.2) is 0 Å². The molecule has 0 saturated carbocycles. The van der Waals surface area contributed by atoms with Crippen molar-refractivity contribution >= 4 is 22.7 Å². The topological polar surface area (TPSA) is 77.3 Å². The van der Waals surface area contributed by atoms with Crippen LogP contribution in [0.4, 0.5) is 0 Å². The Morgan fingerprint density at radius 3 is 2.96 bits per heavy atom. The van der Waals surface area contributed by atoms with E-state index >= 15 is 0 Å². The number of fused-ring (bicyclic) bond motifs is 1. The van der Waals surface area contributed by atoms with Gasteiger partial charge in [-0.2, -0.15) is 5.26 Å². The normalized spacial score (nSPS) is 16.8. The Morgan fingerprint density at radius 2 is 2.17 bits per heavy atom. The first kappa shape index (κ1) is 15.9. The fraction of sp³-hybridized carbons (Fsp3) is 0.333. The summed E-state index contributed by atoms with van der Waals surface area (Å²) in [5, 5.41) is 9.86. The Bertz CT molecular complexity index is 822. The molecule has 0 radical (unpaired) electrons. The number of nitrogens with zero attached hydrogens (tertiary/aromatic N) is 4. The Labute approximate surface area is 140 Å². The number of nitriles is 1. The largest absolute Gasteiger partial charge is 0.332 e. The molecule has 24 heavy (non-hydrogen) atoms. The van der Waals surface area contributed by atoms with Gasteiger partial charge >= 0.3 is 0 Å². The van der Waals surface area contributed by atoms with Gasteiger partial charge in [0.05, 0.1) is 23.7 Å². The highest BCUT2D eigenvalue weighted by atomic mass is 16.2. The molecule has 1 aliphatic heterocycles. The number of aromatic nitrogens is 1. The predicted molar refractivity (Wildman–Crippen MR) is 89.1 cm³/mol. The van der Waals surface area contributed by atoms with E-state index in [9.17, 15) is 9.59 Å². The number of benzene rings is 1. The maximum Gasteiger partial charge on any atom is 0.254 e. The number of amides is 2. The smallest absolute Gasteiger partial charge is 0.254 e. The van der Waals surface area contributed by atoms with Gasteiger partial charge < -0.3 is 9.80 Å². The van der Waals surface area contributed by atoms with Crippen molar-refractivity contribution in [1.82, 2.24) is 14.8 Å². The molecule has 1 atom stereocenters. The van der Waals surface area contributed by atoms with Gasteiger partial charge in [-0.15, -0.1) is 0 Å². The van der Waals surface area contributed by atoms with Gasteiger partial charge in [0.25, 0.3) is 5.91 Å². The molecule has 2 aromatic rings. The van der Waals surface area contributed by atoms with Crippen molar-refractivity contribution < 1.29 is 9.59 Å². The van der Waals surface area contributed by atoms with Gasteiger partial charge in [-0.3, -0.25) is 14.6 Å². The van der Waals surface area contributed by atoms with Crippen molar-refractivity contribution in [1.29, 1.82) is 5.26 Å². The molecule has 3 rings (SSSR count). The quantitative estimate of drug-likeness (QED) is 0.863. The summed E-state index contributed by atoms with van der Waals surface area (Å²) in [5.74, 6) is -0.414. The van der Waals surface area contributed by atoms with Crippen LogP contribution in [0.3, 0.4) is 0 Å². The second kappa shape index (κ2) is 6.67. The van der Waals surface area contributed by atoms with Crippen molar-refractivity contribution in [3.8, 4) is 6.07 Å². The van der Waals surface area contributed by atoms with Crippen molar-refractivity contribution in [2.75, 3.05) is 20.1 Å².